The number of urea groups is 1. The van der Waals surface area contributed by atoms with E-state index in [2.05, 4.69) is 22.8 Å². The molecule has 0 bridgehead atoms. The van der Waals surface area contributed by atoms with Gasteiger partial charge in [0.05, 0.1) is 6.61 Å². The van der Waals surface area contributed by atoms with Crippen molar-refractivity contribution in [2.45, 2.75) is 24.5 Å². The van der Waals surface area contributed by atoms with Crippen molar-refractivity contribution in [3.63, 3.8) is 0 Å². The van der Waals surface area contributed by atoms with Crippen molar-refractivity contribution < 1.29 is 9.53 Å². The minimum absolute atomic E-state index is 0.132. The largest absolute Gasteiger partial charge is 0.380 e. The predicted molar refractivity (Wildman–Crippen MR) is 99.2 cm³/mol. The molecule has 2 aromatic carbocycles. The van der Waals surface area contributed by atoms with Crippen molar-refractivity contribution in [2.24, 2.45) is 0 Å². The van der Waals surface area contributed by atoms with Crippen molar-refractivity contribution in [1.82, 2.24) is 10.6 Å². The van der Waals surface area contributed by atoms with Crippen molar-refractivity contribution in [3.05, 3.63) is 65.7 Å². The Bertz CT molecular complexity index is 620. The maximum atomic E-state index is 11.9. The zero-order valence-corrected chi connectivity index (χ0v) is 14.8. The summed E-state index contributed by atoms with van der Waals surface area (Å²) < 4.78 is 5.17. The second-order valence-corrected chi connectivity index (χ2v) is 6.49. The number of hydrogen-bond donors (Lipinski definition) is 2. The first-order valence-corrected chi connectivity index (χ1v) is 9.03. The third-order valence-corrected chi connectivity index (χ3v) is 4.57. The summed E-state index contributed by atoms with van der Waals surface area (Å²) in [6.45, 7) is 1.73. The standard InChI is InChI=1S/C19H24N2O2S/c1-23-15-17-9-6-5-8-16(17)14-21-19(22)20-12-7-13-24-18-10-3-2-4-11-18/h2-6,8-11H,7,12-15H2,1H3,(H2,20,21,22). The molecular formula is C19H24N2O2S. The van der Waals surface area contributed by atoms with Gasteiger partial charge in [-0.1, -0.05) is 42.5 Å². The van der Waals surface area contributed by atoms with Crippen molar-refractivity contribution in [1.29, 1.82) is 0 Å². The molecule has 0 spiro atoms. The van der Waals surface area contributed by atoms with Crippen LogP contribution in [0.15, 0.2) is 59.5 Å². The highest BCUT2D eigenvalue weighted by molar-refractivity contribution is 7.99. The molecule has 0 saturated heterocycles. The Hall–Kier alpha value is -1.98. The third kappa shape index (κ3) is 6.64. The third-order valence-electron chi connectivity index (χ3n) is 3.48. The average Bonchev–Trinajstić information content (AvgIpc) is 2.62. The molecule has 0 unspecified atom stereocenters. The molecule has 24 heavy (non-hydrogen) atoms. The van der Waals surface area contributed by atoms with Gasteiger partial charge >= 0.3 is 6.03 Å². The van der Waals surface area contributed by atoms with Crippen LogP contribution < -0.4 is 10.6 Å². The number of ether oxygens (including phenoxy) is 1. The summed E-state index contributed by atoms with van der Waals surface area (Å²) in [5, 5.41) is 5.79. The Balaban J connectivity index is 1.62. The van der Waals surface area contributed by atoms with E-state index in [-0.39, 0.29) is 6.03 Å². The van der Waals surface area contributed by atoms with E-state index in [1.54, 1.807) is 18.9 Å². The molecule has 128 valence electrons. The molecular weight excluding hydrogens is 320 g/mol. The summed E-state index contributed by atoms with van der Waals surface area (Å²) in [6.07, 6.45) is 0.938. The monoisotopic (exact) mass is 344 g/mol. The highest BCUT2D eigenvalue weighted by Gasteiger charge is 2.04. The Morgan fingerprint density at radius 2 is 1.71 bits per heavy atom. The zero-order chi connectivity index (χ0) is 17.0. The van der Waals surface area contributed by atoms with Gasteiger partial charge in [-0.2, -0.15) is 0 Å². The van der Waals surface area contributed by atoms with Gasteiger partial charge in [0, 0.05) is 25.1 Å². The van der Waals surface area contributed by atoms with Crippen molar-refractivity contribution in [3.8, 4) is 0 Å². The fourth-order valence-corrected chi connectivity index (χ4v) is 3.12. The summed E-state index contributed by atoms with van der Waals surface area (Å²) >= 11 is 1.80. The van der Waals surface area contributed by atoms with Gasteiger partial charge in [-0.25, -0.2) is 4.79 Å². The second kappa shape index (κ2) is 10.7. The van der Waals surface area contributed by atoms with Crippen LogP contribution in [0.1, 0.15) is 17.5 Å². The van der Waals surface area contributed by atoms with Gasteiger partial charge in [0.1, 0.15) is 0 Å². The van der Waals surface area contributed by atoms with Crippen LogP contribution in [-0.4, -0.2) is 25.4 Å². The summed E-state index contributed by atoms with van der Waals surface area (Å²) in [4.78, 5) is 13.1. The molecule has 5 heteroatoms. The van der Waals surface area contributed by atoms with Crippen molar-refractivity contribution >= 4 is 17.8 Å². The number of amides is 2. The number of nitrogens with one attached hydrogen (secondary N) is 2. The Labute approximate surface area is 148 Å². The summed E-state index contributed by atoms with van der Waals surface area (Å²) in [5.41, 5.74) is 2.17. The van der Waals surface area contributed by atoms with E-state index in [0.29, 0.717) is 19.7 Å². The maximum absolute atomic E-state index is 11.9. The molecule has 2 N–H and O–H groups in total. The number of methoxy groups -OCH3 is 1. The van der Waals surface area contributed by atoms with Gasteiger partial charge in [-0.15, -0.1) is 11.8 Å². The highest BCUT2D eigenvalue weighted by Crippen LogP contribution is 2.17. The van der Waals surface area contributed by atoms with Crippen molar-refractivity contribution in [2.75, 3.05) is 19.4 Å². The fourth-order valence-electron chi connectivity index (χ4n) is 2.25. The molecule has 0 radical (unpaired) electrons. The minimum atomic E-state index is -0.132. The quantitative estimate of drug-likeness (QED) is 0.537. The van der Waals surface area contributed by atoms with Crippen LogP contribution in [0.25, 0.3) is 0 Å². The number of benzene rings is 2. The van der Waals surface area contributed by atoms with E-state index in [4.69, 9.17) is 4.74 Å². The molecule has 2 amide bonds. The van der Waals surface area contributed by atoms with E-state index in [0.717, 1.165) is 23.3 Å². The number of carbonyl (C=O) groups is 1. The van der Waals surface area contributed by atoms with Crippen LogP contribution in [0.2, 0.25) is 0 Å². The first-order valence-electron chi connectivity index (χ1n) is 8.05. The molecule has 4 nitrogen and oxygen atoms in total. The fraction of sp³-hybridized carbons (Fsp3) is 0.316. The molecule has 2 rings (SSSR count). The smallest absolute Gasteiger partial charge is 0.315 e. The summed E-state index contributed by atoms with van der Waals surface area (Å²) in [7, 11) is 1.67. The molecule has 0 fully saturated rings. The van der Waals surface area contributed by atoms with Gasteiger partial charge in [-0.3, -0.25) is 0 Å². The number of hydrogen-bond acceptors (Lipinski definition) is 3. The van der Waals surface area contributed by atoms with E-state index >= 15 is 0 Å². The summed E-state index contributed by atoms with van der Waals surface area (Å²) in [5.74, 6) is 0.987. The van der Waals surface area contributed by atoms with Gasteiger partial charge in [0.15, 0.2) is 0 Å². The zero-order valence-electron chi connectivity index (χ0n) is 14.0. The van der Waals surface area contributed by atoms with Crippen LogP contribution in [-0.2, 0) is 17.9 Å². The number of thioether (sulfide) groups is 1. The topological polar surface area (TPSA) is 50.4 Å². The number of rotatable bonds is 9. The van der Waals surface area contributed by atoms with Gasteiger partial charge < -0.3 is 15.4 Å². The first kappa shape index (κ1) is 18.4. The lowest BCUT2D eigenvalue weighted by atomic mass is 10.1. The predicted octanol–water partition coefficient (Wildman–Crippen LogP) is 3.81. The lowest BCUT2D eigenvalue weighted by Crippen LogP contribution is -2.35. The van der Waals surface area contributed by atoms with Gasteiger partial charge in [0.2, 0.25) is 0 Å². The SMILES string of the molecule is COCc1ccccc1CNC(=O)NCCCSc1ccccc1. The molecule has 0 aromatic heterocycles. The van der Waals surface area contributed by atoms with Crippen LogP contribution in [0.5, 0.6) is 0 Å². The Kier molecular flexibility index (Phi) is 8.21. The molecule has 0 heterocycles. The van der Waals surface area contributed by atoms with Gasteiger partial charge in [0.25, 0.3) is 0 Å². The van der Waals surface area contributed by atoms with Crippen LogP contribution >= 0.6 is 11.8 Å². The van der Waals surface area contributed by atoms with Gasteiger partial charge in [-0.05, 0) is 35.4 Å². The average molecular weight is 344 g/mol. The lowest BCUT2D eigenvalue weighted by molar-refractivity contribution is 0.184. The normalized spacial score (nSPS) is 10.4. The second-order valence-electron chi connectivity index (χ2n) is 5.33. The number of carbonyl (C=O) groups excluding carboxylic acids is 1. The molecule has 0 atom stereocenters. The summed E-state index contributed by atoms with van der Waals surface area (Å²) in [6, 6.07) is 18.1. The Morgan fingerprint density at radius 3 is 2.46 bits per heavy atom. The molecule has 0 aliphatic heterocycles. The molecule has 2 aromatic rings. The van der Waals surface area contributed by atoms with Crippen LogP contribution in [0.4, 0.5) is 4.79 Å². The minimum Gasteiger partial charge on any atom is -0.380 e. The first-order chi connectivity index (χ1) is 11.8. The molecule has 0 aliphatic carbocycles. The van der Waals surface area contributed by atoms with Crippen LogP contribution in [0.3, 0.4) is 0 Å². The van der Waals surface area contributed by atoms with E-state index in [9.17, 15) is 4.79 Å². The Morgan fingerprint density at radius 1 is 1.00 bits per heavy atom. The highest BCUT2D eigenvalue weighted by atomic mass is 32.2. The van der Waals surface area contributed by atoms with E-state index < -0.39 is 0 Å². The molecule has 0 aliphatic rings. The van der Waals surface area contributed by atoms with Crippen LogP contribution in [0, 0.1) is 0 Å². The molecule has 0 saturated carbocycles. The lowest BCUT2D eigenvalue weighted by Gasteiger charge is -2.11. The maximum Gasteiger partial charge on any atom is 0.315 e. The van der Waals surface area contributed by atoms with E-state index in [1.165, 1.54) is 4.90 Å². The van der Waals surface area contributed by atoms with E-state index in [1.807, 2.05) is 42.5 Å².